The van der Waals surface area contributed by atoms with E-state index in [0.29, 0.717) is 24.1 Å². The second kappa shape index (κ2) is 9.26. The van der Waals surface area contributed by atoms with Crippen molar-refractivity contribution in [1.29, 1.82) is 5.26 Å². The molecule has 0 aliphatic rings. The van der Waals surface area contributed by atoms with Crippen LogP contribution in [-0.4, -0.2) is 38.8 Å². The molecule has 0 fully saturated rings. The number of benzene rings is 2. The lowest BCUT2D eigenvalue weighted by Gasteiger charge is -2.17. The Morgan fingerprint density at radius 2 is 1.85 bits per heavy atom. The number of hydrogen-bond donors (Lipinski definition) is 1. The summed E-state index contributed by atoms with van der Waals surface area (Å²) in [5.74, 6) is -1.11. The highest BCUT2D eigenvalue weighted by Crippen LogP contribution is 2.13. The zero-order valence-electron chi connectivity index (χ0n) is 14.9. The quantitative estimate of drug-likeness (QED) is 0.746. The van der Waals surface area contributed by atoms with E-state index in [1.807, 2.05) is 6.07 Å². The lowest BCUT2D eigenvalue weighted by atomic mass is 10.1. The molecule has 8 heteroatoms. The van der Waals surface area contributed by atoms with Gasteiger partial charge in [-0.2, -0.15) is 9.57 Å². The van der Waals surface area contributed by atoms with E-state index in [-0.39, 0.29) is 18.1 Å². The molecule has 1 amide bonds. The van der Waals surface area contributed by atoms with Crippen LogP contribution < -0.4 is 5.32 Å². The van der Waals surface area contributed by atoms with Crippen molar-refractivity contribution in [1.82, 2.24) is 9.62 Å². The highest BCUT2D eigenvalue weighted by atomic mass is 32.2. The van der Waals surface area contributed by atoms with Gasteiger partial charge in [0, 0.05) is 13.6 Å². The molecule has 142 valence electrons. The summed E-state index contributed by atoms with van der Waals surface area (Å²) in [6, 6.07) is 14.4. The van der Waals surface area contributed by atoms with Crippen LogP contribution in [0.15, 0.2) is 48.5 Å². The molecule has 0 radical (unpaired) electrons. The molecular weight excluding hydrogens is 369 g/mol. The molecule has 0 spiro atoms. The van der Waals surface area contributed by atoms with E-state index in [4.69, 9.17) is 5.26 Å². The van der Waals surface area contributed by atoms with Gasteiger partial charge >= 0.3 is 0 Å². The van der Waals surface area contributed by atoms with Crippen LogP contribution in [0.5, 0.6) is 0 Å². The maximum atomic E-state index is 12.8. The lowest BCUT2D eigenvalue weighted by Crippen LogP contribution is -2.39. The second-order valence-electron chi connectivity index (χ2n) is 6.01. The number of carbonyl (C=O) groups excluding carboxylic acids is 1. The highest BCUT2D eigenvalue weighted by molar-refractivity contribution is 7.88. The molecule has 2 aromatic rings. The number of carbonyl (C=O) groups is 1. The number of hydrogen-bond acceptors (Lipinski definition) is 4. The van der Waals surface area contributed by atoms with Gasteiger partial charge in [0.2, 0.25) is 15.9 Å². The molecule has 2 aromatic carbocycles. The van der Waals surface area contributed by atoms with Gasteiger partial charge in [-0.25, -0.2) is 12.8 Å². The topological polar surface area (TPSA) is 90.3 Å². The zero-order valence-corrected chi connectivity index (χ0v) is 15.7. The normalized spacial score (nSPS) is 11.2. The standard InChI is InChI=1S/C19H20FN3O3S/c1-23(27(25,26)14-17-5-3-2-4-16(17)12-21)13-19(24)22-11-10-15-6-8-18(20)9-7-15/h2-9H,10-11,13-14H2,1H3,(H,22,24). The van der Waals surface area contributed by atoms with Gasteiger partial charge in [-0.05, 0) is 35.7 Å². The molecule has 0 aliphatic carbocycles. The Bertz CT molecular complexity index is 937. The van der Waals surface area contributed by atoms with Crippen LogP contribution in [0.25, 0.3) is 0 Å². The first-order valence-electron chi connectivity index (χ1n) is 8.25. The second-order valence-corrected chi connectivity index (χ2v) is 8.08. The number of amides is 1. The van der Waals surface area contributed by atoms with Gasteiger partial charge in [0.05, 0.1) is 23.9 Å². The van der Waals surface area contributed by atoms with E-state index in [0.717, 1.165) is 9.87 Å². The SMILES string of the molecule is CN(CC(=O)NCCc1ccc(F)cc1)S(=O)(=O)Cc1ccccc1C#N. The van der Waals surface area contributed by atoms with Gasteiger partial charge in [-0.1, -0.05) is 30.3 Å². The molecule has 1 N–H and O–H groups in total. The predicted molar refractivity (Wildman–Crippen MR) is 99.5 cm³/mol. The fourth-order valence-corrected chi connectivity index (χ4v) is 3.59. The Kier molecular flexibility index (Phi) is 7.05. The molecule has 0 aliphatic heterocycles. The summed E-state index contributed by atoms with van der Waals surface area (Å²) in [7, 11) is -2.42. The first-order valence-corrected chi connectivity index (χ1v) is 9.86. The number of rotatable bonds is 8. The van der Waals surface area contributed by atoms with Gasteiger partial charge in [0.25, 0.3) is 0 Å². The van der Waals surface area contributed by atoms with Gasteiger partial charge in [0.15, 0.2) is 0 Å². The number of nitrogens with one attached hydrogen (secondary N) is 1. The summed E-state index contributed by atoms with van der Waals surface area (Å²) in [4.78, 5) is 12.0. The molecule has 0 heterocycles. The monoisotopic (exact) mass is 389 g/mol. The number of nitriles is 1. The Balaban J connectivity index is 1.87. The average Bonchev–Trinajstić information content (AvgIpc) is 2.63. The molecular formula is C19H20FN3O3S. The van der Waals surface area contributed by atoms with E-state index < -0.39 is 15.9 Å². The zero-order chi connectivity index (χ0) is 19.9. The van der Waals surface area contributed by atoms with Crippen LogP contribution in [0.1, 0.15) is 16.7 Å². The summed E-state index contributed by atoms with van der Waals surface area (Å²) >= 11 is 0. The van der Waals surface area contributed by atoms with Crippen molar-refractivity contribution in [3.8, 4) is 6.07 Å². The van der Waals surface area contributed by atoms with Crippen molar-refractivity contribution < 1.29 is 17.6 Å². The average molecular weight is 389 g/mol. The lowest BCUT2D eigenvalue weighted by molar-refractivity contribution is -0.121. The first kappa shape index (κ1) is 20.6. The third kappa shape index (κ3) is 6.16. The third-order valence-electron chi connectivity index (χ3n) is 3.97. The Morgan fingerprint density at radius 1 is 1.19 bits per heavy atom. The maximum absolute atomic E-state index is 12.8. The predicted octanol–water partition coefficient (Wildman–Crippen LogP) is 1.82. The summed E-state index contributed by atoms with van der Waals surface area (Å²) in [6.45, 7) is -0.00388. The minimum Gasteiger partial charge on any atom is -0.355 e. The molecule has 0 saturated heterocycles. The van der Waals surface area contributed by atoms with Gasteiger partial charge < -0.3 is 5.32 Å². The van der Waals surface area contributed by atoms with Crippen LogP contribution in [0.4, 0.5) is 4.39 Å². The van der Waals surface area contributed by atoms with Crippen LogP contribution in [0.2, 0.25) is 0 Å². The molecule has 0 unspecified atom stereocenters. The van der Waals surface area contributed by atoms with Gasteiger partial charge in [-0.3, -0.25) is 4.79 Å². The van der Waals surface area contributed by atoms with Crippen LogP contribution in [-0.2, 0) is 27.0 Å². The van der Waals surface area contributed by atoms with E-state index in [1.54, 1.807) is 36.4 Å². The smallest absolute Gasteiger partial charge is 0.235 e. The van der Waals surface area contributed by atoms with Crippen molar-refractivity contribution in [3.63, 3.8) is 0 Å². The minimum absolute atomic E-state index is 0.290. The van der Waals surface area contributed by atoms with E-state index in [2.05, 4.69) is 5.32 Å². The Labute approximate surface area is 158 Å². The molecule has 0 atom stereocenters. The molecule has 0 bridgehead atoms. The number of nitrogens with zero attached hydrogens (tertiary/aromatic N) is 2. The molecule has 6 nitrogen and oxygen atoms in total. The fraction of sp³-hybridized carbons (Fsp3) is 0.263. The summed E-state index contributed by atoms with van der Waals surface area (Å²) < 4.78 is 38.7. The molecule has 0 aromatic heterocycles. The maximum Gasteiger partial charge on any atom is 0.235 e. The van der Waals surface area contributed by atoms with Crippen molar-refractivity contribution in [2.24, 2.45) is 0 Å². The fourth-order valence-electron chi connectivity index (χ4n) is 2.42. The first-order chi connectivity index (χ1) is 12.8. The van der Waals surface area contributed by atoms with E-state index in [1.165, 1.54) is 19.2 Å². The number of sulfonamides is 1. The van der Waals surface area contributed by atoms with Crippen LogP contribution in [0, 0.1) is 17.1 Å². The van der Waals surface area contributed by atoms with Gasteiger partial charge in [0.1, 0.15) is 5.82 Å². The third-order valence-corrected chi connectivity index (χ3v) is 5.72. The molecule has 2 rings (SSSR count). The summed E-state index contributed by atoms with van der Waals surface area (Å²) in [6.07, 6.45) is 0.512. The largest absolute Gasteiger partial charge is 0.355 e. The number of halogens is 1. The molecule has 0 saturated carbocycles. The van der Waals surface area contributed by atoms with Crippen molar-refractivity contribution in [2.45, 2.75) is 12.2 Å². The Morgan fingerprint density at radius 3 is 2.52 bits per heavy atom. The van der Waals surface area contributed by atoms with Crippen LogP contribution >= 0.6 is 0 Å². The van der Waals surface area contributed by atoms with Crippen LogP contribution in [0.3, 0.4) is 0 Å². The molecule has 27 heavy (non-hydrogen) atoms. The van der Waals surface area contributed by atoms with Crippen molar-refractivity contribution in [2.75, 3.05) is 20.1 Å². The van der Waals surface area contributed by atoms with E-state index >= 15 is 0 Å². The summed E-state index contributed by atoms with van der Waals surface area (Å²) in [5, 5.41) is 11.7. The highest BCUT2D eigenvalue weighted by Gasteiger charge is 2.22. The number of likely N-dealkylation sites (N-methyl/N-ethyl adjacent to an activating group) is 1. The van der Waals surface area contributed by atoms with Gasteiger partial charge in [-0.15, -0.1) is 0 Å². The van der Waals surface area contributed by atoms with Crippen molar-refractivity contribution >= 4 is 15.9 Å². The van der Waals surface area contributed by atoms with E-state index in [9.17, 15) is 17.6 Å². The minimum atomic E-state index is -3.74. The summed E-state index contributed by atoms with van der Waals surface area (Å²) in [5.41, 5.74) is 1.55. The Hall–Kier alpha value is -2.76. The van der Waals surface area contributed by atoms with Crippen molar-refractivity contribution in [3.05, 3.63) is 71.0 Å².